The van der Waals surface area contributed by atoms with E-state index in [9.17, 15) is 17.6 Å². The minimum absolute atomic E-state index is 0.154. The Balaban J connectivity index is 1.60. The molecule has 0 saturated heterocycles. The Hall–Kier alpha value is -1.19. The molecule has 0 bridgehead atoms. The first-order valence-electron chi connectivity index (χ1n) is 8.65. The summed E-state index contributed by atoms with van der Waals surface area (Å²) in [5.74, 6) is -0.0723. The molecule has 2 atom stereocenters. The summed E-state index contributed by atoms with van der Waals surface area (Å²) >= 11 is 8.95. The van der Waals surface area contributed by atoms with Crippen molar-refractivity contribution in [3.05, 3.63) is 50.2 Å². The highest BCUT2D eigenvalue weighted by Gasteiger charge is 2.63. The zero-order chi connectivity index (χ0) is 19.6. The molecule has 1 aliphatic heterocycles. The molecule has 1 aliphatic carbocycles. The summed E-state index contributed by atoms with van der Waals surface area (Å²) in [7, 11) is 1.84. The van der Waals surface area contributed by atoms with Gasteiger partial charge in [-0.25, -0.2) is 4.39 Å². The van der Waals surface area contributed by atoms with Crippen LogP contribution in [-0.2, 0) is 25.4 Å². The number of nitrogens with one attached hydrogen (secondary N) is 1. The third-order valence-electron chi connectivity index (χ3n) is 5.68. The number of benzene rings is 1. The first-order chi connectivity index (χ1) is 12.6. The van der Waals surface area contributed by atoms with E-state index in [0.717, 1.165) is 22.3 Å². The minimum atomic E-state index is -4.22. The average Bonchev–Trinajstić information content (AvgIpc) is 3.14. The van der Waals surface area contributed by atoms with E-state index < -0.39 is 12.7 Å². The standard InChI is InChI=1S/C18H18BrF4N3S/c1-25-14(4-5-24-8-18(21,22)23)15-12-7-17(12,9-26(15)16(25)27)11-6-10(19)2-3-13(11)20/h2-3,6,12,24H,4-5,7-9H2,1H3/t12?,17-/m1/s1. The van der Waals surface area contributed by atoms with Crippen molar-refractivity contribution in [1.29, 1.82) is 0 Å². The van der Waals surface area contributed by atoms with Crippen LogP contribution < -0.4 is 5.32 Å². The Morgan fingerprint density at radius 1 is 1.37 bits per heavy atom. The minimum Gasteiger partial charge on any atom is -0.324 e. The van der Waals surface area contributed by atoms with E-state index in [1.165, 1.54) is 6.07 Å². The van der Waals surface area contributed by atoms with Gasteiger partial charge in [-0.2, -0.15) is 13.2 Å². The fourth-order valence-electron chi connectivity index (χ4n) is 4.38. The normalized spacial score (nSPS) is 23.4. The van der Waals surface area contributed by atoms with Gasteiger partial charge in [0, 0.05) is 53.8 Å². The number of hydrogen-bond acceptors (Lipinski definition) is 2. The number of rotatable bonds is 5. The van der Waals surface area contributed by atoms with Crippen molar-refractivity contribution >= 4 is 28.1 Å². The number of imidazole rings is 1. The van der Waals surface area contributed by atoms with Gasteiger partial charge < -0.3 is 14.5 Å². The molecular weight excluding hydrogens is 446 g/mol. The molecular formula is C18H18BrF4N3S. The lowest BCUT2D eigenvalue weighted by molar-refractivity contribution is -0.124. The van der Waals surface area contributed by atoms with Gasteiger partial charge in [-0.1, -0.05) is 15.9 Å². The molecule has 1 aromatic heterocycles. The zero-order valence-electron chi connectivity index (χ0n) is 14.5. The van der Waals surface area contributed by atoms with Crippen LogP contribution in [0.3, 0.4) is 0 Å². The molecule has 27 heavy (non-hydrogen) atoms. The van der Waals surface area contributed by atoms with Crippen LogP contribution in [0.4, 0.5) is 17.6 Å². The summed E-state index contributed by atoms with van der Waals surface area (Å²) in [5, 5.41) is 2.44. The molecule has 1 unspecified atom stereocenters. The van der Waals surface area contributed by atoms with Crippen molar-refractivity contribution in [2.24, 2.45) is 7.05 Å². The third kappa shape index (κ3) is 3.17. The number of alkyl halides is 3. The van der Waals surface area contributed by atoms with E-state index in [1.807, 2.05) is 22.2 Å². The molecule has 0 spiro atoms. The summed E-state index contributed by atoms with van der Waals surface area (Å²) in [4.78, 5) is 0. The van der Waals surface area contributed by atoms with Crippen LogP contribution in [0.2, 0.25) is 0 Å². The predicted molar refractivity (Wildman–Crippen MR) is 100 cm³/mol. The second-order valence-corrected chi connectivity index (χ2v) is 8.62. The quantitative estimate of drug-likeness (QED) is 0.397. The summed E-state index contributed by atoms with van der Waals surface area (Å²) in [5.41, 5.74) is 2.38. The fourth-order valence-corrected chi connectivity index (χ4v) is 5.02. The Morgan fingerprint density at radius 2 is 2.11 bits per heavy atom. The van der Waals surface area contributed by atoms with Gasteiger partial charge in [0.15, 0.2) is 4.77 Å². The monoisotopic (exact) mass is 463 g/mol. The first kappa shape index (κ1) is 19.1. The van der Waals surface area contributed by atoms with Crippen molar-refractivity contribution in [2.75, 3.05) is 13.1 Å². The third-order valence-corrected chi connectivity index (χ3v) is 6.67. The second kappa shape index (κ2) is 6.42. The maximum Gasteiger partial charge on any atom is 0.401 e. The Kier molecular flexibility index (Phi) is 4.55. The van der Waals surface area contributed by atoms with Crippen LogP contribution in [0, 0.1) is 10.6 Å². The summed E-state index contributed by atoms with van der Waals surface area (Å²) < 4.78 is 56.9. The Bertz CT molecular complexity index is 965. The van der Waals surface area contributed by atoms with Gasteiger partial charge >= 0.3 is 6.18 Å². The number of hydrogen-bond donors (Lipinski definition) is 1. The molecule has 2 aromatic rings. The van der Waals surface area contributed by atoms with E-state index in [2.05, 4.69) is 21.2 Å². The molecule has 2 aliphatic rings. The average molecular weight is 464 g/mol. The zero-order valence-corrected chi connectivity index (χ0v) is 16.9. The van der Waals surface area contributed by atoms with E-state index in [-0.39, 0.29) is 23.7 Å². The second-order valence-electron chi connectivity index (χ2n) is 7.34. The Labute approximate surface area is 167 Å². The molecule has 1 N–H and O–H groups in total. The molecule has 9 heteroatoms. The van der Waals surface area contributed by atoms with Crippen molar-refractivity contribution < 1.29 is 17.6 Å². The van der Waals surface area contributed by atoms with Gasteiger partial charge in [0.05, 0.1) is 6.54 Å². The molecule has 1 aromatic carbocycles. The van der Waals surface area contributed by atoms with Crippen LogP contribution in [0.25, 0.3) is 0 Å². The van der Waals surface area contributed by atoms with E-state index in [0.29, 0.717) is 23.3 Å². The van der Waals surface area contributed by atoms with Crippen molar-refractivity contribution in [3.63, 3.8) is 0 Å². The van der Waals surface area contributed by atoms with Crippen molar-refractivity contribution in [3.8, 4) is 0 Å². The van der Waals surface area contributed by atoms with Crippen molar-refractivity contribution in [2.45, 2.75) is 36.9 Å². The summed E-state index contributed by atoms with van der Waals surface area (Å²) in [6, 6.07) is 4.97. The lowest BCUT2D eigenvalue weighted by Gasteiger charge is -2.15. The van der Waals surface area contributed by atoms with Crippen LogP contribution in [0.5, 0.6) is 0 Å². The highest BCUT2D eigenvalue weighted by Crippen LogP contribution is 2.66. The topological polar surface area (TPSA) is 21.9 Å². The van der Waals surface area contributed by atoms with Gasteiger partial charge in [0.25, 0.3) is 0 Å². The van der Waals surface area contributed by atoms with E-state index in [4.69, 9.17) is 12.2 Å². The lowest BCUT2D eigenvalue weighted by Crippen LogP contribution is -2.30. The molecule has 2 heterocycles. The van der Waals surface area contributed by atoms with E-state index >= 15 is 0 Å². The number of fused-ring (bicyclic) bond motifs is 3. The van der Waals surface area contributed by atoms with Crippen LogP contribution in [0.1, 0.15) is 29.3 Å². The van der Waals surface area contributed by atoms with Gasteiger partial charge in [-0.15, -0.1) is 0 Å². The highest BCUT2D eigenvalue weighted by atomic mass is 79.9. The van der Waals surface area contributed by atoms with Gasteiger partial charge in [-0.05, 0) is 42.4 Å². The SMILES string of the molecule is Cn1c(CCNCC(F)(F)F)c2n(c1=S)C[C@@]1(c3cc(Br)ccc3F)CC21. The molecule has 3 nitrogen and oxygen atoms in total. The molecule has 4 rings (SSSR count). The van der Waals surface area contributed by atoms with Crippen molar-refractivity contribution in [1.82, 2.24) is 14.5 Å². The molecule has 146 valence electrons. The van der Waals surface area contributed by atoms with Crippen LogP contribution in [-0.4, -0.2) is 28.4 Å². The molecule has 0 radical (unpaired) electrons. The smallest absolute Gasteiger partial charge is 0.324 e. The maximum atomic E-state index is 14.5. The van der Waals surface area contributed by atoms with Gasteiger partial charge in [0.2, 0.25) is 0 Å². The summed E-state index contributed by atoms with van der Waals surface area (Å²) in [6.07, 6.45) is -2.94. The largest absolute Gasteiger partial charge is 0.401 e. The Morgan fingerprint density at radius 3 is 2.81 bits per heavy atom. The van der Waals surface area contributed by atoms with E-state index in [1.54, 1.807) is 6.07 Å². The first-order valence-corrected chi connectivity index (χ1v) is 9.85. The maximum absolute atomic E-state index is 14.5. The van der Waals surface area contributed by atoms with Gasteiger partial charge in [-0.3, -0.25) is 0 Å². The summed E-state index contributed by atoms with van der Waals surface area (Å²) in [6.45, 7) is -0.183. The molecule has 0 amide bonds. The highest BCUT2D eigenvalue weighted by molar-refractivity contribution is 9.10. The number of aromatic nitrogens is 2. The molecule has 1 fully saturated rings. The number of nitrogens with zero attached hydrogens (tertiary/aromatic N) is 2. The van der Waals surface area contributed by atoms with Crippen LogP contribution in [0.15, 0.2) is 22.7 Å². The fraction of sp³-hybridized carbons (Fsp3) is 0.500. The number of halogens is 5. The van der Waals surface area contributed by atoms with Gasteiger partial charge in [0.1, 0.15) is 5.82 Å². The van der Waals surface area contributed by atoms with Crippen LogP contribution >= 0.6 is 28.1 Å². The predicted octanol–water partition coefficient (Wildman–Crippen LogP) is 4.59. The molecule has 1 saturated carbocycles. The lowest BCUT2D eigenvalue weighted by atomic mass is 9.93.